The lowest BCUT2D eigenvalue weighted by Crippen LogP contribution is -1.96. The van der Waals surface area contributed by atoms with Crippen molar-refractivity contribution in [1.82, 2.24) is 0 Å². The summed E-state index contributed by atoms with van der Waals surface area (Å²) in [7, 11) is 0. The average Bonchev–Trinajstić information content (AvgIpc) is 1.84. The molecule has 0 aliphatic rings. The Balaban J connectivity index is 3.63. The van der Waals surface area contributed by atoms with Crippen LogP contribution < -0.4 is 0 Å². The maximum absolute atomic E-state index is 4.34. The SMILES string of the molecule is CC=C(C)C(S)CC. The first kappa shape index (κ1) is 8.09. The number of hydrogen-bond donors (Lipinski definition) is 1. The molecule has 0 radical (unpaired) electrons. The molecule has 0 N–H and O–H groups in total. The van der Waals surface area contributed by atoms with Gasteiger partial charge in [0.15, 0.2) is 0 Å². The summed E-state index contributed by atoms with van der Waals surface area (Å²) in [6.45, 7) is 6.31. The highest BCUT2D eigenvalue weighted by Gasteiger charge is 1.97. The highest BCUT2D eigenvalue weighted by molar-refractivity contribution is 7.81. The quantitative estimate of drug-likeness (QED) is 0.431. The molecule has 1 heteroatoms. The topological polar surface area (TPSA) is 0 Å². The second-order valence-corrected chi connectivity index (χ2v) is 2.58. The van der Waals surface area contributed by atoms with Gasteiger partial charge in [-0.1, -0.05) is 18.6 Å². The van der Waals surface area contributed by atoms with Crippen LogP contribution >= 0.6 is 12.6 Å². The van der Waals surface area contributed by atoms with E-state index < -0.39 is 0 Å². The molecule has 48 valence electrons. The Morgan fingerprint density at radius 2 is 2.25 bits per heavy atom. The summed E-state index contributed by atoms with van der Waals surface area (Å²) in [5, 5.41) is 0.472. The molecule has 0 saturated carbocycles. The predicted molar refractivity (Wildman–Crippen MR) is 42.5 cm³/mol. The number of thiol groups is 1. The van der Waals surface area contributed by atoms with Gasteiger partial charge in [-0.05, 0) is 20.3 Å². The normalized spacial score (nSPS) is 16.2. The Hall–Kier alpha value is 0.0900. The first-order valence-corrected chi connectivity index (χ1v) is 3.54. The number of rotatable bonds is 2. The van der Waals surface area contributed by atoms with Crippen molar-refractivity contribution in [2.24, 2.45) is 0 Å². The number of allylic oxidation sites excluding steroid dienone is 1. The van der Waals surface area contributed by atoms with Crippen LogP contribution in [0.2, 0.25) is 0 Å². The second kappa shape index (κ2) is 4.02. The Kier molecular flexibility index (Phi) is 4.06. The van der Waals surface area contributed by atoms with Crippen LogP contribution in [0.15, 0.2) is 11.6 Å². The van der Waals surface area contributed by atoms with Crippen LogP contribution in [0, 0.1) is 0 Å². The van der Waals surface area contributed by atoms with Crippen molar-refractivity contribution in [3.05, 3.63) is 11.6 Å². The maximum Gasteiger partial charge on any atom is 0.0220 e. The molecule has 0 aliphatic carbocycles. The first-order chi connectivity index (χ1) is 3.72. The molecule has 0 bridgehead atoms. The molecule has 0 nitrogen and oxygen atoms in total. The maximum atomic E-state index is 4.34. The Labute approximate surface area is 57.4 Å². The summed E-state index contributed by atoms with van der Waals surface area (Å²) in [6, 6.07) is 0. The lowest BCUT2D eigenvalue weighted by atomic mass is 10.2. The third kappa shape index (κ3) is 2.41. The minimum absolute atomic E-state index is 0.472. The molecule has 0 rings (SSSR count). The number of hydrogen-bond acceptors (Lipinski definition) is 1. The van der Waals surface area contributed by atoms with Gasteiger partial charge in [-0.25, -0.2) is 0 Å². The van der Waals surface area contributed by atoms with Gasteiger partial charge in [-0.3, -0.25) is 0 Å². The minimum Gasteiger partial charge on any atom is -0.171 e. The van der Waals surface area contributed by atoms with Gasteiger partial charge in [0.05, 0.1) is 0 Å². The zero-order valence-corrected chi connectivity index (χ0v) is 6.70. The zero-order valence-electron chi connectivity index (χ0n) is 5.81. The summed E-state index contributed by atoms with van der Waals surface area (Å²) in [4.78, 5) is 0. The van der Waals surface area contributed by atoms with Crippen molar-refractivity contribution in [1.29, 1.82) is 0 Å². The smallest absolute Gasteiger partial charge is 0.0220 e. The molecule has 0 aliphatic heterocycles. The fourth-order valence-corrected chi connectivity index (χ4v) is 0.663. The largest absolute Gasteiger partial charge is 0.171 e. The molecule has 0 aromatic heterocycles. The first-order valence-electron chi connectivity index (χ1n) is 3.03. The van der Waals surface area contributed by atoms with Crippen molar-refractivity contribution in [2.75, 3.05) is 0 Å². The highest BCUT2D eigenvalue weighted by Crippen LogP contribution is 2.10. The van der Waals surface area contributed by atoms with Crippen molar-refractivity contribution in [3.63, 3.8) is 0 Å². The predicted octanol–water partition coefficient (Wildman–Crippen LogP) is 2.66. The van der Waals surface area contributed by atoms with E-state index in [9.17, 15) is 0 Å². The van der Waals surface area contributed by atoms with E-state index in [4.69, 9.17) is 0 Å². The molecular formula is C7H14S. The van der Waals surface area contributed by atoms with Gasteiger partial charge in [-0.15, -0.1) is 0 Å². The fraction of sp³-hybridized carbons (Fsp3) is 0.714. The summed E-state index contributed by atoms with van der Waals surface area (Å²) in [6.07, 6.45) is 3.24. The van der Waals surface area contributed by atoms with E-state index in [-0.39, 0.29) is 0 Å². The van der Waals surface area contributed by atoms with E-state index in [1.54, 1.807) is 0 Å². The van der Waals surface area contributed by atoms with E-state index >= 15 is 0 Å². The standard InChI is InChI=1S/C7H14S/c1-4-6(3)7(8)5-2/h4,7-8H,5H2,1-3H3. The van der Waals surface area contributed by atoms with E-state index in [2.05, 4.69) is 32.6 Å². The molecule has 0 amide bonds. The lowest BCUT2D eigenvalue weighted by Gasteiger charge is -2.05. The Morgan fingerprint density at radius 3 is 2.38 bits per heavy atom. The minimum atomic E-state index is 0.472. The lowest BCUT2D eigenvalue weighted by molar-refractivity contribution is 0.928. The average molecular weight is 130 g/mol. The Morgan fingerprint density at radius 1 is 1.75 bits per heavy atom. The summed E-state index contributed by atoms with van der Waals surface area (Å²) < 4.78 is 0. The molecule has 0 saturated heterocycles. The summed E-state index contributed by atoms with van der Waals surface area (Å²) in [5.41, 5.74) is 1.37. The molecule has 0 aromatic carbocycles. The molecule has 0 fully saturated rings. The van der Waals surface area contributed by atoms with Crippen LogP contribution in [0.3, 0.4) is 0 Å². The van der Waals surface area contributed by atoms with Crippen LogP contribution in [0.25, 0.3) is 0 Å². The van der Waals surface area contributed by atoms with Crippen LogP contribution in [0.4, 0.5) is 0 Å². The molecule has 1 unspecified atom stereocenters. The van der Waals surface area contributed by atoms with Crippen molar-refractivity contribution >= 4 is 12.6 Å². The van der Waals surface area contributed by atoms with Gasteiger partial charge in [0.25, 0.3) is 0 Å². The second-order valence-electron chi connectivity index (χ2n) is 1.96. The molecular weight excluding hydrogens is 116 g/mol. The van der Waals surface area contributed by atoms with Gasteiger partial charge in [0.2, 0.25) is 0 Å². The van der Waals surface area contributed by atoms with Gasteiger partial charge in [-0.2, -0.15) is 12.6 Å². The van der Waals surface area contributed by atoms with Crippen LogP contribution in [0.1, 0.15) is 27.2 Å². The summed E-state index contributed by atoms with van der Waals surface area (Å²) in [5.74, 6) is 0. The van der Waals surface area contributed by atoms with Crippen molar-refractivity contribution < 1.29 is 0 Å². The third-order valence-electron chi connectivity index (χ3n) is 1.37. The van der Waals surface area contributed by atoms with Crippen molar-refractivity contribution in [3.8, 4) is 0 Å². The third-order valence-corrected chi connectivity index (χ3v) is 2.14. The van der Waals surface area contributed by atoms with Crippen LogP contribution in [0.5, 0.6) is 0 Å². The van der Waals surface area contributed by atoms with Gasteiger partial charge < -0.3 is 0 Å². The monoisotopic (exact) mass is 130 g/mol. The van der Waals surface area contributed by atoms with Gasteiger partial charge in [0, 0.05) is 5.25 Å². The summed E-state index contributed by atoms with van der Waals surface area (Å²) >= 11 is 4.34. The zero-order chi connectivity index (χ0) is 6.57. The van der Waals surface area contributed by atoms with Crippen LogP contribution in [-0.4, -0.2) is 5.25 Å². The van der Waals surface area contributed by atoms with Crippen molar-refractivity contribution in [2.45, 2.75) is 32.4 Å². The molecule has 0 spiro atoms. The van der Waals surface area contributed by atoms with E-state index in [0.717, 1.165) is 6.42 Å². The van der Waals surface area contributed by atoms with E-state index in [0.29, 0.717) is 5.25 Å². The van der Waals surface area contributed by atoms with Crippen LogP contribution in [-0.2, 0) is 0 Å². The Bertz CT molecular complexity index is 84.4. The molecule has 0 aromatic rings. The molecule has 0 heterocycles. The van der Waals surface area contributed by atoms with Gasteiger partial charge in [0.1, 0.15) is 0 Å². The fourth-order valence-electron chi connectivity index (χ4n) is 0.514. The molecule has 8 heavy (non-hydrogen) atoms. The molecule has 1 atom stereocenters. The highest BCUT2D eigenvalue weighted by atomic mass is 32.1. The van der Waals surface area contributed by atoms with E-state index in [1.807, 2.05) is 6.92 Å². The van der Waals surface area contributed by atoms with E-state index in [1.165, 1.54) is 5.57 Å². The van der Waals surface area contributed by atoms with Gasteiger partial charge >= 0.3 is 0 Å².